The minimum absolute atomic E-state index is 0.376. The maximum atomic E-state index is 5.03. The first-order valence-electron chi connectivity index (χ1n) is 10.0. The summed E-state index contributed by atoms with van der Waals surface area (Å²) in [6.07, 6.45) is 7.82. The van der Waals surface area contributed by atoms with Gasteiger partial charge in [-0.3, -0.25) is 9.97 Å². The molecule has 1 aliphatic carbocycles. The van der Waals surface area contributed by atoms with Gasteiger partial charge >= 0.3 is 0 Å². The Hall–Kier alpha value is -3.35. The Morgan fingerprint density at radius 3 is 2.66 bits per heavy atom. The second-order valence-corrected chi connectivity index (χ2v) is 8.08. The van der Waals surface area contributed by atoms with E-state index in [1.54, 1.807) is 0 Å². The maximum absolute atomic E-state index is 5.03. The lowest BCUT2D eigenvalue weighted by Crippen LogP contribution is -2.22. The number of rotatable bonds is 2. The van der Waals surface area contributed by atoms with Gasteiger partial charge in [0.1, 0.15) is 5.65 Å². The molecule has 1 aliphatic rings. The van der Waals surface area contributed by atoms with Crippen molar-refractivity contribution in [1.82, 2.24) is 34.0 Å². The first kappa shape index (κ1) is 16.6. The van der Waals surface area contributed by atoms with E-state index in [2.05, 4.69) is 39.6 Å². The molecule has 144 valence electrons. The molecule has 7 nitrogen and oxygen atoms in total. The predicted octanol–water partition coefficient (Wildman–Crippen LogP) is 3.91. The molecule has 5 aromatic heterocycles. The molecule has 1 fully saturated rings. The summed E-state index contributed by atoms with van der Waals surface area (Å²) in [6.45, 7) is 6.16. The minimum atomic E-state index is 0.376. The van der Waals surface area contributed by atoms with Gasteiger partial charge in [-0.1, -0.05) is 0 Å². The van der Waals surface area contributed by atoms with E-state index >= 15 is 0 Å². The SMILES string of the molecule is Cc1ncc(C)n2nc(C3CC(c4nc5c6cccnc6ccn5c4C)C3)nc12. The largest absolute Gasteiger partial charge is 0.303 e. The molecule has 0 bridgehead atoms. The zero-order valence-corrected chi connectivity index (χ0v) is 16.7. The van der Waals surface area contributed by atoms with Gasteiger partial charge in [0.25, 0.3) is 0 Å². The highest BCUT2D eigenvalue weighted by Crippen LogP contribution is 2.47. The van der Waals surface area contributed by atoms with Crippen LogP contribution in [0.3, 0.4) is 0 Å². The molecular formula is C22H21N7. The van der Waals surface area contributed by atoms with Gasteiger partial charge in [-0.15, -0.1) is 0 Å². The standard InChI is InChI=1S/C22H21N7/c1-12-11-24-13(2)21-26-20(27-29(12)21)16-9-15(10-16)19-14(3)28-8-6-18-17(22(28)25-19)5-4-7-23-18/h4-8,11,15-16H,9-10H2,1-3H3. The Labute approximate surface area is 167 Å². The summed E-state index contributed by atoms with van der Waals surface area (Å²) in [5.41, 5.74) is 7.18. The number of fused-ring (bicyclic) bond motifs is 4. The lowest BCUT2D eigenvalue weighted by molar-refractivity contribution is 0.332. The molecule has 0 spiro atoms. The third-order valence-corrected chi connectivity index (χ3v) is 6.26. The molecule has 29 heavy (non-hydrogen) atoms. The number of nitrogens with zero attached hydrogens (tertiary/aromatic N) is 7. The summed E-state index contributed by atoms with van der Waals surface area (Å²) in [4.78, 5) is 18.7. The normalized spacial score (nSPS) is 19.3. The molecule has 1 saturated carbocycles. The Balaban J connectivity index is 1.34. The number of hydrogen-bond donors (Lipinski definition) is 0. The van der Waals surface area contributed by atoms with Gasteiger partial charge in [0.05, 0.1) is 22.6 Å². The smallest absolute Gasteiger partial charge is 0.177 e. The molecule has 0 amide bonds. The number of hydrogen-bond acceptors (Lipinski definition) is 5. The van der Waals surface area contributed by atoms with Crippen molar-refractivity contribution in [3.05, 3.63) is 65.4 Å². The van der Waals surface area contributed by atoms with Crippen LogP contribution in [0.1, 0.15) is 53.3 Å². The molecule has 0 saturated heterocycles. The first-order valence-corrected chi connectivity index (χ1v) is 10.0. The summed E-state index contributed by atoms with van der Waals surface area (Å²) < 4.78 is 4.11. The molecule has 6 rings (SSSR count). The highest BCUT2D eigenvalue weighted by Gasteiger charge is 2.37. The maximum Gasteiger partial charge on any atom is 0.177 e. The van der Waals surface area contributed by atoms with Gasteiger partial charge < -0.3 is 4.40 Å². The number of imidazole rings is 1. The van der Waals surface area contributed by atoms with E-state index in [0.717, 1.165) is 52.3 Å². The van der Waals surface area contributed by atoms with Crippen LogP contribution in [-0.4, -0.2) is 34.0 Å². The molecular weight excluding hydrogens is 362 g/mol. The summed E-state index contributed by atoms with van der Waals surface area (Å²) in [7, 11) is 0. The zero-order chi connectivity index (χ0) is 19.7. The second-order valence-electron chi connectivity index (χ2n) is 8.08. The topological polar surface area (TPSA) is 73.3 Å². The molecule has 0 N–H and O–H groups in total. The van der Waals surface area contributed by atoms with Crippen LogP contribution in [0.4, 0.5) is 0 Å². The monoisotopic (exact) mass is 383 g/mol. The summed E-state index contributed by atoms with van der Waals surface area (Å²) >= 11 is 0. The van der Waals surface area contributed by atoms with Gasteiger partial charge in [-0.25, -0.2) is 14.5 Å². The zero-order valence-electron chi connectivity index (χ0n) is 16.7. The predicted molar refractivity (Wildman–Crippen MR) is 110 cm³/mol. The number of pyridine rings is 2. The quantitative estimate of drug-likeness (QED) is 0.462. The lowest BCUT2D eigenvalue weighted by atomic mass is 9.72. The fraction of sp³-hybridized carbons (Fsp3) is 0.318. The van der Waals surface area contributed by atoms with Crippen LogP contribution in [0.5, 0.6) is 0 Å². The van der Waals surface area contributed by atoms with E-state index in [9.17, 15) is 0 Å². The van der Waals surface area contributed by atoms with Gasteiger partial charge in [0.15, 0.2) is 11.5 Å². The summed E-state index contributed by atoms with van der Waals surface area (Å²) in [6, 6.07) is 6.12. The molecule has 0 aliphatic heterocycles. The van der Waals surface area contributed by atoms with Gasteiger partial charge in [-0.05, 0) is 51.8 Å². The van der Waals surface area contributed by atoms with E-state index in [4.69, 9.17) is 15.1 Å². The molecule has 7 heteroatoms. The van der Waals surface area contributed by atoms with Crippen LogP contribution in [0.2, 0.25) is 0 Å². The highest BCUT2D eigenvalue weighted by molar-refractivity contribution is 5.91. The Morgan fingerprint density at radius 2 is 1.83 bits per heavy atom. The van der Waals surface area contributed by atoms with E-state index < -0.39 is 0 Å². The number of aryl methyl sites for hydroxylation is 3. The van der Waals surface area contributed by atoms with Crippen LogP contribution in [0.25, 0.3) is 22.2 Å². The van der Waals surface area contributed by atoms with Crippen molar-refractivity contribution in [2.75, 3.05) is 0 Å². The van der Waals surface area contributed by atoms with Crippen molar-refractivity contribution < 1.29 is 0 Å². The van der Waals surface area contributed by atoms with Gasteiger partial charge in [-0.2, -0.15) is 5.10 Å². The van der Waals surface area contributed by atoms with Crippen molar-refractivity contribution in [2.24, 2.45) is 0 Å². The highest BCUT2D eigenvalue weighted by atomic mass is 15.3. The third-order valence-electron chi connectivity index (χ3n) is 6.26. The molecule has 0 aromatic carbocycles. The lowest BCUT2D eigenvalue weighted by Gasteiger charge is -2.32. The minimum Gasteiger partial charge on any atom is -0.303 e. The average molecular weight is 383 g/mol. The first-order chi connectivity index (χ1) is 14.1. The summed E-state index contributed by atoms with van der Waals surface area (Å²) in [5.74, 6) is 1.75. The van der Waals surface area contributed by atoms with Crippen LogP contribution in [0.15, 0.2) is 36.8 Å². The summed E-state index contributed by atoms with van der Waals surface area (Å²) in [5, 5.41) is 5.86. The van der Waals surface area contributed by atoms with Crippen LogP contribution < -0.4 is 0 Å². The molecule has 5 aromatic rings. The van der Waals surface area contributed by atoms with Crippen LogP contribution in [0, 0.1) is 20.8 Å². The average Bonchev–Trinajstić information content (AvgIpc) is 3.27. The van der Waals surface area contributed by atoms with Gasteiger partial charge in [0.2, 0.25) is 0 Å². The van der Waals surface area contributed by atoms with Crippen molar-refractivity contribution in [2.45, 2.75) is 45.4 Å². The van der Waals surface area contributed by atoms with Crippen molar-refractivity contribution in [1.29, 1.82) is 0 Å². The molecule has 0 radical (unpaired) electrons. The van der Waals surface area contributed by atoms with E-state index in [0.29, 0.717) is 11.8 Å². The molecule has 5 heterocycles. The van der Waals surface area contributed by atoms with E-state index in [1.165, 1.54) is 11.4 Å². The molecule has 0 unspecified atom stereocenters. The fourth-order valence-electron chi connectivity index (χ4n) is 4.51. The Kier molecular flexibility index (Phi) is 3.33. The third kappa shape index (κ3) is 2.33. The Bertz CT molecular complexity index is 1370. The van der Waals surface area contributed by atoms with Crippen LogP contribution in [-0.2, 0) is 0 Å². The fourth-order valence-corrected chi connectivity index (χ4v) is 4.51. The van der Waals surface area contributed by atoms with Crippen molar-refractivity contribution >= 4 is 22.2 Å². The molecule has 0 atom stereocenters. The second kappa shape index (κ2) is 5.83. The van der Waals surface area contributed by atoms with E-state index in [1.807, 2.05) is 36.8 Å². The Morgan fingerprint density at radius 1 is 0.966 bits per heavy atom. The number of aromatic nitrogens is 7. The van der Waals surface area contributed by atoms with Crippen molar-refractivity contribution in [3.8, 4) is 0 Å². The van der Waals surface area contributed by atoms with E-state index in [-0.39, 0.29) is 0 Å². The van der Waals surface area contributed by atoms with Gasteiger partial charge in [0, 0.05) is 41.5 Å². The van der Waals surface area contributed by atoms with Crippen molar-refractivity contribution in [3.63, 3.8) is 0 Å². The van der Waals surface area contributed by atoms with Crippen LogP contribution >= 0.6 is 0 Å².